The lowest BCUT2D eigenvalue weighted by Crippen LogP contribution is -2.31. The number of carbonyl (C=O) groups excluding carboxylic acids is 3. The first kappa shape index (κ1) is 26.4. The number of nitrogens with zero attached hydrogens (tertiary/aromatic N) is 5. The van der Waals surface area contributed by atoms with E-state index in [2.05, 4.69) is 10.00 Å². The molecule has 2 aliphatic rings. The highest BCUT2D eigenvalue weighted by molar-refractivity contribution is 6.21. The zero-order chi connectivity index (χ0) is 28.5. The molecule has 210 valence electrons. The Morgan fingerprint density at radius 2 is 1.88 bits per heavy atom. The van der Waals surface area contributed by atoms with Gasteiger partial charge in [0.05, 0.1) is 36.6 Å². The molecule has 0 radical (unpaired) electrons. The number of anilines is 1. The van der Waals surface area contributed by atoms with E-state index in [1.807, 2.05) is 6.07 Å². The van der Waals surface area contributed by atoms with Crippen LogP contribution in [-0.4, -0.2) is 63.6 Å². The summed E-state index contributed by atoms with van der Waals surface area (Å²) in [5.41, 5.74) is 2.17. The molecule has 0 N–H and O–H groups in total. The molecule has 1 atom stereocenters. The van der Waals surface area contributed by atoms with Crippen molar-refractivity contribution in [1.29, 1.82) is 0 Å². The highest BCUT2D eigenvalue weighted by Gasteiger charge is 2.35. The van der Waals surface area contributed by atoms with Gasteiger partial charge in [0.1, 0.15) is 22.9 Å². The highest BCUT2D eigenvalue weighted by Crippen LogP contribution is 2.40. The smallest absolute Gasteiger partial charge is 0.343 e. The molecule has 1 unspecified atom stereocenters. The van der Waals surface area contributed by atoms with E-state index >= 15 is 0 Å². The van der Waals surface area contributed by atoms with Gasteiger partial charge >= 0.3 is 5.97 Å². The number of carbonyl (C=O) groups is 3. The topological polar surface area (TPSA) is 106 Å². The van der Waals surface area contributed by atoms with Gasteiger partial charge in [-0.05, 0) is 62.6 Å². The van der Waals surface area contributed by atoms with Crippen molar-refractivity contribution >= 4 is 29.2 Å². The second kappa shape index (κ2) is 11.0. The fourth-order valence-electron chi connectivity index (χ4n) is 5.49. The summed E-state index contributed by atoms with van der Waals surface area (Å²) in [5, 5.41) is 4.20. The van der Waals surface area contributed by atoms with Crippen LogP contribution in [0, 0.1) is 5.82 Å². The molecule has 4 aromatic rings. The van der Waals surface area contributed by atoms with Gasteiger partial charge in [-0.1, -0.05) is 12.1 Å². The van der Waals surface area contributed by atoms with Crippen LogP contribution in [0.3, 0.4) is 0 Å². The van der Waals surface area contributed by atoms with Crippen molar-refractivity contribution in [2.45, 2.75) is 32.2 Å². The summed E-state index contributed by atoms with van der Waals surface area (Å²) in [6.07, 6.45) is 5.21. The molecule has 2 aliphatic heterocycles. The van der Waals surface area contributed by atoms with E-state index in [0.29, 0.717) is 46.9 Å². The molecule has 0 spiro atoms. The van der Waals surface area contributed by atoms with Gasteiger partial charge < -0.3 is 14.4 Å². The van der Waals surface area contributed by atoms with Crippen LogP contribution in [0.25, 0.3) is 5.65 Å². The fraction of sp³-hybridized carbons (Fsp3) is 0.300. The second-order valence-corrected chi connectivity index (χ2v) is 9.88. The maximum absolute atomic E-state index is 14.5. The van der Waals surface area contributed by atoms with Crippen LogP contribution in [0.4, 0.5) is 10.2 Å². The summed E-state index contributed by atoms with van der Waals surface area (Å²) < 4.78 is 27.2. The monoisotopic (exact) mass is 557 g/mol. The quantitative estimate of drug-likeness (QED) is 0.169. The Balaban J connectivity index is 1.18. The largest absolute Gasteiger partial charge is 0.493 e. The number of imide groups is 1. The molecule has 10 nitrogen and oxygen atoms in total. The third-order valence-electron chi connectivity index (χ3n) is 7.39. The first-order valence-corrected chi connectivity index (χ1v) is 13.6. The van der Waals surface area contributed by atoms with Crippen LogP contribution in [0.1, 0.15) is 68.9 Å². The van der Waals surface area contributed by atoms with Gasteiger partial charge in [0, 0.05) is 24.8 Å². The predicted octanol–water partition coefficient (Wildman–Crippen LogP) is 4.45. The number of hydrogen-bond donors (Lipinski definition) is 0. The summed E-state index contributed by atoms with van der Waals surface area (Å²) in [6, 6.07) is 12.8. The summed E-state index contributed by atoms with van der Waals surface area (Å²) in [5.74, 6) is -0.316. The van der Waals surface area contributed by atoms with Gasteiger partial charge in [-0.15, -0.1) is 0 Å². The lowest BCUT2D eigenvalue weighted by atomic mass is 10.0. The molecule has 41 heavy (non-hydrogen) atoms. The van der Waals surface area contributed by atoms with Gasteiger partial charge in [-0.2, -0.15) is 5.10 Å². The van der Waals surface area contributed by atoms with E-state index in [1.54, 1.807) is 43.5 Å². The number of benzene rings is 2. The van der Waals surface area contributed by atoms with Crippen LogP contribution in [0.5, 0.6) is 5.75 Å². The summed E-state index contributed by atoms with van der Waals surface area (Å²) in [7, 11) is 0. The zero-order valence-corrected chi connectivity index (χ0v) is 22.5. The van der Waals surface area contributed by atoms with Crippen LogP contribution in [0.2, 0.25) is 0 Å². The van der Waals surface area contributed by atoms with Crippen LogP contribution in [-0.2, 0) is 4.74 Å². The number of halogens is 1. The highest BCUT2D eigenvalue weighted by atomic mass is 19.1. The number of amides is 2. The standard InChI is InChI=1S/C30H28FN5O5/c1-2-40-30(39)23-18-32-36-15-12-26(33-27(23)36)34-13-5-9-24(34)22-17-19(31)10-11-25(22)41-16-6-14-35-28(37)20-7-3-4-8-21(20)29(35)38/h3-4,7-8,10-12,15,17-18,24H,2,5-6,9,13-14,16H2,1H3. The van der Waals surface area contributed by atoms with Gasteiger partial charge in [0.25, 0.3) is 11.8 Å². The van der Waals surface area contributed by atoms with E-state index in [-0.39, 0.29) is 49.0 Å². The SMILES string of the molecule is CCOC(=O)c1cnn2ccc(N3CCCC3c3cc(F)ccc3OCCCN3C(=O)c4ccccc4C3=O)nc12. The van der Waals surface area contributed by atoms with Gasteiger partial charge in [-0.25, -0.2) is 18.7 Å². The van der Waals surface area contributed by atoms with E-state index < -0.39 is 5.97 Å². The van der Waals surface area contributed by atoms with Crippen LogP contribution in [0.15, 0.2) is 60.9 Å². The van der Waals surface area contributed by atoms with Gasteiger partial charge in [0.2, 0.25) is 0 Å². The van der Waals surface area contributed by atoms with Crippen molar-refractivity contribution < 1.29 is 28.2 Å². The second-order valence-electron chi connectivity index (χ2n) is 9.88. The Morgan fingerprint density at radius 1 is 1.10 bits per heavy atom. The number of esters is 1. The first-order valence-electron chi connectivity index (χ1n) is 13.6. The fourth-order valence-corrected chi connectivity index (χ4v) is 5.49. The Hall–Kier alpha value is -4.80. The molecule has 4 heterocycles. The van der Waals surface area contributed by atoms with Crippen LogP contribution >= 0.6 is 0 Å². The number of fused-ring (bicyclic) bond motifs is 2. The third-order valence-corrected chi connectivity index (χ3v) is 7.39. The van der Waals surface area contributed by atoms with E-state index in [0.717, 1.165) is 12.8 Å². The molecule has 6 rings (SSSR count). The molecule has 2 amide bonds. The molecule has 0 aliphatic carbocycles. The van der Waals surface area contributed by atoms with Gasteiger partial charge in [-0.3, -0.25) is 14.5 Å². The molecule has 1 fully saturated rings. The van der Waals surface area contributed by atoms with Crippen molar-refractivity contribution in [2.75, 3.05) is 31.2 Å². The Labute approximate surface area is 235 Å². The maximum Gasteiger partial charge on any atom is 0.343 e. The average molecular weight is 558 g/mol. The Bertz CT molecular complexity index is 1620. The minimum absolute atomic E-state index is 0.208. The average Bonchev–Trinajstić information content (AvgIpc) is 3.69. The van der Waals surface area contributed by atoms with Crippen molar-refractivity contribution in [3.05, 3.63) is 89.0 Å². The molecular weight excluding hydrogens is 529 g/mol. The van der Waals surface area contributed by atoms with Crippen molar-refractivity contribution in [1.82, 2.24) is 19.5 Å². The van der Waals surface area contributed by atoms with E-state index in [4.69, 9.17) is 14.5 Å². The molecule has 1 saturated heterocycles. The molecular formula is C30H28FN5O5. The summed E-state index contributed by atoms with van der Waals surface area (Å²) >= 11 is 0. The molecule has 2 aromatic carbocycles. The zero-order valence-electron chi connectivity index (χ0n) is 22.5. The number of hydrogen-bond acceptors (Lipinski definition) is 8. The first-order chi connectivity index (χ1) is 20.0. The van der Waals surface area contributed by atoms with Crippen molar-refractivity contribution in [2.24, 2.45) is 0 Å². The maximum atomic E-state index is 14.5. The molecule has 11 heteroatoms. The number of rotatable bonds is 9. The minimum atomic E-state index is -0.493. The lowest BCUT2D eigenvalue weighted by Gasteiger charge is -2.27. The molecule has 0 saturated carbocycles. The number of ether oxygens (including phenoxy) is 2. The Morgan fingerprint density at radius 3 is 2.63 bits per heavy atom. The van der Waals surface area contributed by atoms with Gasteiger partial charge in [0.15, 0.2) is 5.65 Å². The van der Waals surface area contributed by atoms with Crippen LogP contribution < -0.4 is 9.64 Å². The van der Waals surface area contributed by atoms with E-state index in [9.17, 15) is 18.8 Å². The molecule has 0 bridgehead atoms. The third kappa shape index (κ3) is 4.88. The van der Waals surface area contributed by atoms with Crippen molar-refractivity contribution in [3.8, 4) is 5.75 Å². The minimum Gasteiger partial charge on any atom is -0.493 e. The number of aromatic nitrogens is 3. The normalized spacial score (nSPS) is 16.5. The summed E-state index contributed by atoms with van der Waals surface area (Å²) in [4.78, 5) is 45.7. The predicted molar refractivity (Wildman–Crippen MR) is 147 cm³/mol. The Kier molecular flexibility index (Phi) is 7.08. The lowest BCUT2D eigenvalue weighted by molar-refractivity contribution is 0.0527. The molecule has 2 aromatic heterocycles. The van der Waals surface area contributed by atoms with E-state index in [1.165, 1.54) is 27.7 Å². The summed E-state index contributed by atoms with van der Waals surface area (Å²) in [6.45, 7) is 3.12. The van der Waals surface area contributed by atoms with Crippen molar-refractivity contribution in [3.63, 3.8) is 0 Å².